The lowest BCUT2D eigenvalue weighted by atomic mass is 10.2. The Labute approximate surface area is 153 Å². The van der Waals surface area contributed by atoms with E-state index in [1.807, 2.05) is 31.2 Å². The third-order valence-corrected chi connectivity index (χ3v) is 3.57. The van der Waals surface area contributed by atoms with Crippen molar-refractivity contribution < 1.29 is 14.1 Å². The predicted octanol–water partition coefficient (Wildman–Crippen LogP) is 3.13. The van der Waals surface area contributed by atoms with E-state index in [0.717, 1.165) is 29.4 Å². The summed E-state index contributed by atoms with van der Waals surface area (Å²) in [6.45, 7) is 1.67. The Kier molecular flexibility index (Phi) is 5.06. The summed E-state index contributed by atoms with van der Waals surface area (Å²) in [5.74, 6) is -0.602. The van der Waals surface area contributed by atoms with Crippen LogP contribution in [-0.4, -0.2) is 19.9 Å². The van der Waals surface area contributed by atoms with Crippen LogP contribution in [0.25, 0.3) is 0 Å². The molecule has 1 heterocycles. The van der Waals surface area contributed by atoms with Gasteiger partial charge in [-0.25, -0.2) is 4.39 Å². The minimum Gasteiger partial charge on any atom is -0.478 e. The fraction of sp³-hybridized carbons (Fsp3) is 0.118. The molecular weight excluding hydrogens is 355 g/mol. The number of hydrogen-bond donors (Lipinski definition) is 2. The van der Waals surface area contributed by atoms with Crippen molar-refractivity contribution in [2.45, 2.75) is 13.5 Å². The highest BCUT2D eigenvalue weighted by molar-refractivity contribution is 5.58. The molecular formula is C17H15FN6O3. The molecule has 9 nitrogen and oxygen atoms in total. The summed E-state index contributed by atoms with van der Waals surface area (Å²) in [7, 11) is 0. The number of halogens is 1. The highest BCUT2D eigenvalue weighted by atomic mass is 19.1. The first-order valence-corrected chi connectivity index (χ1v) is 7.82. The second-order valence-corrected chi connectivity index (χ2v) is 5.53. The summed E-state index contributed by atoms with van der Waals surface area (Å²) >= 11 is 0. The molecule has 0 saturated carbocycles. The summed E-state index contributed by atoms with van der Waals surface area (Å²) in [5, 5.41) is 14.0. The van der Waals surface area contributed by atoms with Gasteiger partial charge in [-0.15, -0.1) is 0 Å². The van der Waals surface area contributed by atoms with Crippen molar-refractivity contribution in [3.8, 4) is 5.75 Å². The van der Waals surface area contributed by atoms with Crippen LogP contribution in [0.2, 0.25) is 0 Å². The van der Waals surface area contributed by atoms with Crippen molar-refractivity contribution in [2.75, 3.05) is 11.1 Å². The molecule has 0 fully saturated rings. The molecule has 0 aliphatic carbocycles. The number of nitrogens with two attached hydrogens (primary N) is 1. The molecule has 138 valence electrons. The zero-order valence-electron chi connectivity index (χ0n) is 14.2. The Balaban J connectivity index is 1.80. The molecule has 3 N–H and O–H groups in total. The highest BCUT2D eigenvalue weighted by Gasteiger charge is 2.17. The van der Waals surface area contributed by atoms with Crippen molar-refractivity contribution >= 4 is 23.3 Å². The molecule has 1 aromatic heterocycles. The predicted molar refractivity (Wildman–Crippen MR) is 96.1 cm³/mol. The SMILES string of the molecule is Cc1ccccc1Nc1nc(N)nc(COc2cc(F)ccc2[N+](=O)[O-])n1. The average molecular weight is 370 g/mol. The van der Waals surface area contributed by atoms with Crippen LogP contribution < -0.4 is 15.8 Å². The van der Waals surface area contributed by atoms with E-state index in [-0.39, 0.29) is 35.8 Å². The molecule has 0 bridgehead atoms. The second kappa shape index (κ2) is 7.60. The third kappa shape index (κ3) is 4.42. The van der Waals surface area contributed by atoms with E-state index < -0.39 is 10.7 Å². The summed E-state index contributed by atoms with van der Waals surface area (Å²) in [6, 6.07) is 10.4. The van der Waals surface area contributed by atoms with Gasteiger partial charge in [0.05, 0.1) is 4.92 Å². The van der Waals surface area contributed by atoms with E-state index in [2.05, 4.69) is 20.3 Å². The van der Waals surface area contributed by atoms with E-state index in [1.54, 1.807) is 0 Å². The molecule has 0 amide bonds. The van der Waals surface area contributed by atoms with Gasteiger partial charge in [0, 0.05) is 17.8 Å². The van der Waals surface area contributed by atoms with Gasteiger partial charge in [-0.2, -0.15) is 15.0 Å². The maximum atomic E-state index is 13.4. The zero-order chi connectivity index (χ0) is 19.4. The Morgan fingerprint density at radius 3 is 2.74 bits per heavy atom. The first-order chi connectivity index (χ1) is 12.9. The monoisotopic (exact) mass is 370 g/mol. The minimum absolute atomic E-state index is 0.0478. The van der Waals surface area contributed by atoms with Crippen LogP contribution in [0.3, 0.4) is 0 Å². The summed E-state index contributed by atoms with van der Waals surface area (Å²) in [6.07, 6.45) is 0. The number of nitro groups is 1. The van der Waals surface area contributed by atoms with E-state index >= 15 is 0 Å². The van der Waals surface area contributed by atoms with Crippen LogP contribution in [-0.2, 0) is 6.61 Å². The maximum absolute atomic E-state index is 13.4. The van der Waals surface area contributed by atoms with Gasteiger partial charge in [-0.1, -0.05) is 18.2 Å². The number of nitrogen functional groups attached to an aromatic ring is 1. The van der Waals surface area contributed by atoms with Gasteiger partial charge >= 0.3 is 5.69 Å². The van der Waals surface area contributed by atoms with Crippen molar-refractivity contribution in [1.82, 2.24) is 15.0 Å². The van der Waals surface area contributed by atoms with Crippen molar-refractivity contribution in [2.24, 2.45) is 0 Å². The van der Waals surface area contributed by atoms with E-state index in [1.165, 1.54) is 0 Å². The fourth-order valence-electron chi connectivity index (χ4n) is 2.29. The average Bonchev–Trinajstić information content (AvgIpc) is 2.61. The van der Waals surface area contributed by atoms with Gasteiger partial charge in [0.2, 0.25) is 11.9 Å². The van der Waals surface area contributed by atoms with Crippen LogP contribution in [0.1, 0.15) is 11.4 Å². The Bertz CT molecular complexity index is 998. The molecule has 0 atom stereocenters. The number of nitrogens with one attached hydrogen (secondary N) is 1. The summed E-state index contributed by atoms with van der Waals surface area (Å²) in [4.78, 5) is 22.5. The smallest absolute Gasteiger partial charge is 0.311 e. The molecule has 0 unspecified atom stereocenters. The molecule has 0 saturated heterocycles. The molecule has 27 heavy (non-hydrogen) atoms. The third-order valence-electron chi connectivity index (χ3n) is 3.57. The van der Waals surface area contributed by atoms with Crippen molar-refractivity contribution in [1.29, 1.82) is 0 Å². The van der Waals surface area contributed by atoms with Gasteiger partial charge in [0.1, 0.15) is 12.4 Å². The number of aromatic nitrogens is 3. The minimum atomic E-state index is -0.665. The number of anilines is 3. The molecule has 0 radical (unpaired) electrons. The first-order valence-electron chi connectivity index (χ1n) is 7.82. The van der Waals surface area contributed by atoms with Crippen LogP contribution >= 0.6 is 0 Å². The number of nitrogens with zero attached hydrogens (tertiary/aromatic N) is 4. The maximum Gasteiger partial charge on any atom is 0.311 e. The lowest BCUT2D eigenvalue weighted by molar-refractivity contribution is -0.386. The van der Waals surface area contributed by atoms with Gasteiger partial charge in [-0.05, 0) is 24.6 Å². The standard InChI is InChI=1S/C17H15FN6O3/c1-10-4-2-3-5-12(10)20-17-22-15(21-16(19)23-17)9-27-14-8-11(18)6-7-13(14)24(25)26/h2-8H,9H2,1H3,(H3,19,20,21,22,23). The number of nitro benzene ring substituents is 1. The van der Waals surface area contributed by atoms with Crippen LogP contribution in [0.15, 0.2) is 42.5 Å². The first kappa shape index (κ1) is 18.0. The number of para-hydroxylation sites is 1. The fourth-order valence-corrected chi connectivity index (χ4v) is 2.29. The molecule has 2 aromatic carbocycles. The number of rotatable bonds is 6. The molecule has 3 aromatic rings. The van der Waals surface area contributed by atoms with Gasteiger partial charge in [0.15, 0.2) is 11.6 Å². The van der Waals surface area contributed by atoms with E-state index in [9.17, 15) is 14.5 Å². The lowest BCUT2D eigenvalue weighted by Crippen LogP contribution is -2.10. The lowest BCUT2D eigenvalue weighted by Gasteiger charge is -2.10. The Morgan fingerprint density at radius 1 is 1.22 bits per heavy atom. The van der Waals surface area contributed by atoms with Crippen molar-refractivity contribution in [3.63, 3.8) is 0 Å². The van der Waals surface area contributed by atoms with Crippen molar-refractivity contribution in [3.05, 3.63) is 69.8 Å². The van der Waals surface area contributed by atoms with Crippen LogP contribution in [0.4, 0.5) is 27.7 Å². The van der Waals surface area contributed by atoms with E-state index in [0.29, 0.717) is 0 Å². The zero-order valence-corrected chi connectivity index (χ0v) is 14.2. The molecule has 0 spiro atoms. The topological polar surface area (TPSA) is 129 Å². The number of benzene rings is 2. The number of hydrogen-bond acceptors (Lipinski definition) is 8. The number of ether oxygens (including phenoxy) is 1. The second-order valence-electron chi connectivity index (χ2n) is 5.53. The van der Waals surface area contributed by atoms with Gasteiger partial charge < -0.3 is 15.8 Å². The Morgan fingerprint density at radius 2 is 2.00 bits per heavy atom. The van der Waals surface area contributed by atoms with E-state index in [4.69, 9.17) is 10.5 Å². The molecule has 0 aliphatic heterocycles. The summed E-state index contributed by atoms with van der Waals surface area (Å²) in [5.41, 5.74) is 7.10. The number of aryl methyl sites for hydroxylation is 1. The largest absolute Gasteiger partial charge is 0.478 e. The molecule has 3 rings (SSSR count). The molecule has 10 heteroatoms. The van der Waals surface area contributed by atoms with Gasteiger partial charge in [-0.3, -0.25) is 10.1 Å². The summed E-state index contributed by atoms with van der Waals surface area (Å²) < 4.78 is 18.7. The quantitative estimate of drug-likeness (QED) is 0.500. The van der Waals surface area contributed by atoms with Crippen LogP contribution in [0.5, 0.6) is 5.75 Å². The normalized spacial score (nSPS) is 10.4. The Hall–Kier alpha value is -3.82. The van der Waals surface area contributed by atoms with Gasteiger partial charge in [0.25, 0.3) is 0 Å². The van der Waals surface area contributed by atoms with Crippen LogP contribution in [0, 0.1) is 22.9 Å². The highest BCUT2D eigenvalue weighted by Crippen LogP contribution is 2.28. The molecule has 0 aliphatic rings.